The first kappa shape index (κ1) is 20.0. The number of benzene rings is 1. The van der Waals surface area contributed by atoms with Gasteiger partial charge in [0.2, 0.25) is 0 Å². The fourth-order valence-corrected chi connectivity index (χ4v) is 2.33. The molecule has 23 heavy (non-hydrogen) atoms. The molecule has 0 heterocycles. The minimum absolute atomic E-state index is 0.310. The number of halogens is 1. The minimum atomic E-state index is -0.500. The van der Waals surface area contributed by atoms with Crippen LogP contribution in [0.1, 0.15) is 40.2 Å². The normalized spacial score (nSPS) is 14.2. The predicted octanol–water partition coefficient (Wildman–Crippen LogP) is 4.61. The lowest BCUT2D eigenvalue weighted by molar-refractivity contribution is -0.0507. The monoisotopic (exact) mass is 385 g/mol. The summed E-state index contributed by atoms with van der Waals surface area (Å²) in [4.78, 5) is 14.0. The van der Waals surface area contributed by atoms with E-state index < -0.39 is 11.2 Å². The molecule has 0 saturated heterocycles. The lowest BCUT2D eigenvalue weighted by Gasteiger charge is -2.35. The summed E-state index contributed by atoms with van der Waals surface area (Å²) in [6.45, 7) is 11.1. The van der Waals surface area contributed by atoms with Crippen LogP contribution in [-0.4, -0.2) is 40.6 Å². The summed E-state index contributed by atoms with van der Waals surface area (Å²) < 4.78 is 11.5. The molecule has 0 spiro atoms. The maximum absolute atomic E-state index is 12.3. The van der Waals surface area contributed by atoms with Crippen LogP contribution in [0.3, 0.4) is 0 Å². The summed E-state index contributed by atoms with van der Waals surface area (Å²) >= 11 is 3.51. The molecule has 5 heteroatoms. The average molecular weight is 386 g/mol. The van der Waals surface area contributed by atoms with Crippen LogP contribution in [0.15, 0.2) is 30.3 Å². The van der Waals surface area contributed by atoms with Crippen molar-refractivity contribution in [2.45, 2.75) is 52.4 Å². The fraction of sp³-hybridized carbons (Fsp3) is 0.611. The number of carbonyl (C=O) groups excluding carboxylic acids is 1. The van der Waals surface area contributed by atoms with Crippen molar-refractivity contribution in [3.05, 3.63) is 35.9 Å². The van der Waals surface area contributed by atoms with Gasteiger partial charge in [0.25, 0.3) is 0 Å². The molecule has 4 nitrogen and oxygen atoms in total. The van der Waals surface area contributed by atoms with Crippen LogP contribution >= 0.6 is 15.9 Å². The quantitative estimate of drug-likeness (QED) is 0.643. The van der Waals surface area contributed by atoms with E-state index in [4.69, 9.17) is 9.47 Å². The van der Waals surface area contributed by atoms with Gasteiger partial charge in [0, 0.05) is 11.9 Å². The summed E-state index contributed by atoms with van der Waals surface area (Å²) in [5, 5.41) is 0.631. The molecule has 1 amide bonds. The molecule has 1 unspecified atom stereocenters. The van der Waals surface area contributed by atoms with E-state index in [9.17, 15) is 4.79 Å². The lowest BCUT2D eigenvalue weighted by Crippen LogP contribution is -2.48. The maximum atomic E-state index is 12.3. The first-order valence-corrected chi connectivity index (χ1v) is 9.03. The minimum Gasteiger partial charge on any atom is -0.444 e. The molecule has 0 N–H and O–H groups in total. The standard InChI is InChI=1S/C18H28BrNO3/c1-6-20(16(21)23-17(2,3)4)14-18(5,13-19)22-12-15-10-8-7-9-11-15/h7-11H,6,12-14H2,1-5H3. The second-order valence-corrected chi connectivity index (χ2v) is 7.41. The molecule has 1 aromatic carbocycles. The van der Waals surface area contributed by atoms with Crippen molar-refractivity contribution in [1.82, 2.24) is 4.90 Å². The van der Waals surface area contributed by atoms with Crippen molar-refractivity contribution in [3.63, 3.8) is 0 Å². The van der Waals surface area contributed by atoms with Crippen LogP contribution in [0, 0.1) is 0 Å². The molecule has 0 saturated carbocycles. The van der Waals surface area contributed by atoms with Crippen molar-refractivity contribution in [3.8, 4) is 0 Å². The van der Waals surface area contributed by atoms with Crippen molar-refractivity contribution in [2.24, 2.45) is 0 Å². The number of amides is 1. The molecule has 0 radical (unpaired) electrons. The van der Waals surface area contributed by atoms with Crippen molar-refractivity contribution < 1.29 is 14.3 Å². The Kier molecular flexibility index (Phi) is 7.55. The van der Waals surface area contributed by atoms with Gasteiger partial charge >= 0.3 is 6.09 Å². The maximum Gasteiger partial charge on any atom is 0.410 e. The van der Waals surface area contributed by atoms with E-state index in [-0.39, 0.29) is 6.09 Å². The number of hydrogen-bond donors (Lipinski definition) is 0. The zero-order valence-electron chi connectivity index (χ0n) is 14.8. The number of carbonyl (C=O) groups is 1. The van der Waals surface area contributed by atoms with Crippen molar-refractivity contribution in [2.75, 3.05) is 18.4 Å². The molecule has 0 aliphatic carbocycles. The zero-order chi connectivity index (χ0) is 17.5. The average Bonchev–Trinajstić information content (AvgIpc) is 2.50. The van der Waals surface area contributed by atoms with Gasteiger partial charge in [-0.15, -0.1) is 0 Å². The Bertz CT molecular complexity index is 487. The van der Waals surface area contributed by atoms with Gasteiger partial charge in [-0.05, 0) is 40.2 Å². The molecule has 1 rings (SSSR count). The highest BCUT2D eigenvalue weighted by Crippen LogP contribution is 2.20. The smallest absolute Gasteiger partial charge is 0.410 e. The van der Waals surface area contributed by atoms with E-state index in [2.05, 4.69) is 15.9 Å². The molecular weight excluding hydrogens is 358 g/mol. The van der Waals surface area contributed by atoms with E-state index >= 15 is 0 Å². The van der Waals surface area contributed by atoms with Gasteiger partial charge in [0.05, 0.1) is 18.8 Å². The van der Waals surface area contributed by atoms with Crippen LogP contribution in [0.4, 0.5) is 4.79 Å². The number of rotatable bonds is 7. The largest absolute Gasteiger partial charge is 0.444 e. The van der Waals surface area contributed by atoms with Crippen LogP contribution in [0.25, 0.3) is 0 Å². The summed E-state index contributed by atoms with van der Waals surface area (Å²) in [5.41, 5.74) is 0.128. The van der Waals surface area contributed by atoms with E-state index in [0.29, 0.717) is 25.0 Å². The van der Waals surface area contributed by atoms with Gasteiger partial charge in [-0.2, -0.15) is 0 Å². The molecule has 0 aromatic heterocycles. The molecule has 0 aliphatic rings. The molecule has 0 bridgehead atoms. The Labute approximate surface area is 148 Å². The first-order chi connectivity index (χ1) is 10.7. The number of hydrogen-bond acceptors (Lipinski definition) is 3. The first-order valence-electron chi connectivity index (χ1n) is 7.91. The lowest BCUT2D eigenvalue weighted by atomic mass is 10.1. The van der Waals surface area contributed by atoms with Gasteiger partial charge in [-0.3, -0.25) is 0 Å². The molecule has 130 valence electrons. The van der Waals surface area contributed by atoms with Gasteiger partial charge in [-0.25, -0.2) is 4.79 Å². The van der Waals surface area contributed by atoms with E-state index in [1.165, 1.54) is 0 Å². The molecule has 1 aromatic rings. The molecule has 1 atom stereocenters. The van der Waals surface area contributed by atoms with E-state index in [0.717, 1.165) is 5.56 Å². The third kappa shape index (κ3) is 7.36. The molecule has 0 aliphatic heterocycles. The summed E-state index contributed by atoms with van der Waals surface area (Å²) in [7, 11) is 0. The fourth-order valence-electron chi connectivity index (χ4n) is 1.99. The predicted molar refractivity (Wildman–Crippen MR) is 96.9 cm³/mol. The summed E-state index contributed by atoms with van der Waals surface area (Å²) in [6, 6.07) is 10.0. The van der Waals surface area contributed by atoms with E-state index in [1.807, 2.05) is 65.0 Å². The van der Waals surface area contributed by atoms with Crippen LogP contribution < -0.4 is 0 Å². The van der Waals surface area contributed by atoms with Crippen LogP contribution in [0.2, 0.25) is 0 Å². The highest BCUT2D eigenvalue weighted by atomic mass is 79.9. The third-order valence-corrected chi connectivity index (χ3v) is 4.46. The highest BCUT2D eigenvalue weighted by Gasteiger charge is 2.31. The Morgan fingerprint density at radius 3 is 2.26 bits per heavy atom. The van der Waals surface area contributed by atoms with Crippen LogP contribution in [-0.2, 0) is 16.1 Å². The van der Waals surface area contributed by atoms with Gasteiger partial charge in [-0.1, -0.05) is 46.3 Å². The Balaban J connectivity index is 2.68. The van der Waals surface area contributed by atoms with Crippen molar-refractivity contribution in [1.29, 1.82) is 0 Å². The van der Waals surface area contributed by atoms with Gasteiger partial charge in [0.15, 0.2) is 0 Å². The number of likely N-dealkylation sites (N-methyl/N-ethyl adjacent to an activating group) is 1. The Morgan fingerprint density at radius 1 is 1.17 bits per heavy atom. The second kappa shape index (κ2) is 8.69. The van der Waals surface area contributed by atoms with Gasteiger partial charge < -0.3 is 14.4 Å². The molecule has 0 fully saturated rings. The topological polar surface area (TPSA) is 38.8 Å². The number of ether oxygens (including phenoxy) is 2. The summed E-state index contributed by atoms with van der Waals surface area (Å²) in [5.74, 6) is 0. The Hall–Kier alpha value is -1.07. The SMILES string of the molecule is CCN(CC(C)(CBr)OCc1ccccc1)C(=O)OC(C)(C)C. The number of alkyl halides is 1. The van der Waals surface area contributed by atoms with Crippen molar-refractivity contribution >= 4 is 22.0 Å². The zero-order valence-corrected chi connectivity index (χ0v) is 16.4. The third-order valence-electron chi connectivity index (χ3n) is 3.27. The van der Waals surface area contributed by atoms with Crippen LogP contribution in [0.5, 0.6) is 0 Å². The second-order valence-electron chi connectivity index (χ2n) is 6.85. The summed E-state index contributed by atoms with van der Waals surface area (Å²) in [6.07, 6.45) is -0.310. The Morgan fingerprint density at radius 2 is 1.78 bits per heavy atom. The number of nitrogens with zero attached hydrogens (tertiary/aromatic N) is 1. The highest BCUT2D eigenvalue weighted by molar-refractivity contribution is 9.09. The van der Waals surface area contributed by atoms with Gasteiger partial charge in [0.1, 0.15) is 5.60 Å². The van der Waals surface area contributed by atoms with E-state index in [1.54, 1.807) is 4.90 Å². The molecular formula is C18H28BrNO3.